The van der Waals surface area contributed by atoms with Gasteiger partial charge < -0.3 is 14.8 Å². The summed E-state index contributed by atoms with van der Waals surface area (Å²) in [5, 5.41) is 6.87. The minimum Gasteiger partial charge on any atom is -0.493 e. The Labute approximate surface area is 187 Å². The van der Waals surface area contributed by atoms with Crippen LogP contribution in [0, 0.1) is 3.57 Å². The van der Waals surface area contributed by atoms with E-state index >= 15 is 0 Å². The van der Waals surface area contributed by atoms with Crippen LogP contribution >= 0.6 is 34.2 Å². The van der Waals surface area contributed by atoms with E-state index in [1.807, 2.05) is 19.9 Å². The minimum atomic E-state index is -0.549. The highest BCUT2D eigenvalue weighted by molar-refractivity contribution is 14.1. The maximum Gasteiger partial charge on any atom is 0.249 e. The van der Waals surface area contributed by atoms with Crippen LogP contribution < -0.4 is 20.2 Å². The molecule has 0 aliphatic heterocycles. The largest absolute Gasteiger partial charge is 0.493 e. The number of nitrogens with one attached hydrogen (secondary N) is 2. The molecule has 2 rings (SSSR count). The molecule has 0 heterocycles. The Morgan fingerprint density at radius 1 is 1.24 bits per heavy atom. The van der Waals surface area contributed by atoms with Crippen LogP contribution in [0.15, 0.2) is 41.5 Å². The number of rotatable bonds is 8. The lowest BCUT2D eigenvalue weighted by Crippen LogP contribution is -2.24. The first-order valence-corrected chi connectivity index (χ1v) is 10.2. The first-order valence-electron chi connectivity index (χ1n) is 8.70. The van der Waals surface area contributed by atoms with Gasteiger partial charge in [-0.1, -0.05) is 23.7 Å². The van der Waals surface area contributed by atoms with E-state index in [0.29, 0.717) is 27.8 Å². The first kappa shape index (κ1) is 23.0. The van der Waals surface area contributed by atoms with Crippen LogP contribution in [0.2, 0.25) is 5.02 Å². The first-order chi connectivity index (χ1) is 13.8. The van der Waals surface area contributed by atoms with Gasteiger partial charge in [-0.25, -0.2) is 5.43 Å². The van der Waals surface area contributed by atoms with Crippen molar-refractivity contribution >= 4 is 57.9 Å². The van der Waals surface area contributed by atoms with Crippen LogP contribution in [0.1, 0.15) is 25.8 Å². The number of carbonyl (C=O) groups is 2. The Morgan fingerprint density at radius 3 is 2.62 bits per heavy atom. The number of benzene rings is 2. The highest BCUT2D eigenvalue weighted by Gasteiger charge is 2.13. The number of ether oxygens (including phenoxy) is 2. The second-order valence-corrected chi connectivity index (χ2v) is 7.77. The highest BCUT2D eigenvalue weighted by Crippen LogP contribution is 2.34. The van der Waals surface area contributed by atoms with E-state index in [1.165, 1.54) is 6.21 Å². The lowest BCUT2D eigenvalue weighted by molar-refractivity contribution is -0.126. The molecule has 0 saturated carbocycles. The standard InChI is InChI=1S/C20H21ClIN3O4/c1-12(2)29-20-15(22)8-13(9-17(20)28-3)11-23-25-19(27)10-18(26)24-16-7-5-4-6-14(16)21/h4-9,11-12H,10H2,1-3H3,(H,24,26)(H,25,27). The average molecular weight is 530 g/mol. The van der Waals surface area contributed by atoms with Crippen LogP contribution in [0.25, 0.3) is 0 Å². The van der Waals surface area contributed by atoms with Crippen LogP contribution in [-0.2, 0) is 9.59 Å². The molecule has 0 saturated heterocycles. The zero-order chi connectivity index (χ0) is 21.4. The van der Waals surface area contributed by atoms with E-state index in [4.69, 9.17) is 21.1 Å². The number of halogens is 2. The number of hydrogen-bond donors (Lipinski definition) is 2. The van der Waals surface area contributed by atoms with E-state index in [2.05, 4.69) is 38.4 Å². The third kappa shape index (κ3) is 7.21. The van der Waals surface area contributed by atoms with Gasteiger partial charge in [-0.2, -0.15) is 5.10 Å². The Kier molecular flexibility index (Phi) is 8.71. The predicted molar refractivity (Wildman–Crippen MR) is 122 cm³/mol. The Bertz CT molecular complexity index is 919. The van der Waals surface area contributed by atoms with E-state index in [1.54, 1.807) is 37.4 Å². The van der Waals surface area contributed by atoms with E-state index in [9.17, 15) is 9.59 Å². The lowest BCUT2D eigenvalue weighted by atomic mass is 10.2. The van der Waals surface area contributed by atoms with Crippen LogP contribution in [0.5, 0.6) is 11.5 Å². The summed E-state index contributed by atoms with van der Waals surface area (Å²) in [7, 11) is 1.55. The quantitative estimate of drug-likeness (QED) is 0.232. The minimum absolute atomic E-state index is 0.00753. The van der Waals surface area contributed by atoms with Gasteiger partial charge in [0, 0.05) is 0 Å². The summed E-state index contributed by atoms with van der Waals surface area (Å²) in [5.74, 6) is 0.183. The van der Waals surface area contributed by atoms with Crippen molar-refractivity contribution in [3.8, 4) is 11.5 Å². The van der Waals surface area contributed by atoms with Gasteiger partial charge in [-0.05, 0) is 66.3 Å². The number of methoxy groups -OCH3 is 1. The molecular weight excluding hydrogens is 509 g/mol. The van der Waals surface area contributed by atoms with Gasteiger partial charge in [-0.3, -0.25) is 9.59 Å². The van der Waals surface area contributed by atoms with Crippen molar-refractivity contribution < 1.29 is 19.1 Å². The molecule has 2 aromatic carbocycles. The van der Waals surface area contributed by atoms with Gasteiger partial charge in [0.15, 0.2) is 11.5 Å². The monoisotopic (exact) mass is 529 g/mol. The maximum absolute atomic E-state index is 11.9. The second-order valence-electron chi connectivity index (χ2n) is 6.20. The SMILES string of the molecule is COc1cc(C=NNC(=O)CC(=O)Nc2ccccc2Cl)cc(I)c1OC(C)C. The van der Waals surface area contributed by atoms with Crippen molar-refractivity contribution in [2.45, 2.75) is 26.4 Å². The molecule has 0 spiro atoms. The average Bonchev–Trinajstić information content (AvgIpc) is 2.65. The van der Waals surface area contributed by atoms with Crippen molar-refractivity contribution in [1.82, 2.24) is 5.43 Å². The number of hydrogen-bond acceptors (Lipinski definition) is 5. The molecule has 154 valence electrons. The molecule has 9 heteroatoms. The molecule has 2 aromatic rings. The molecule has 0 aliphatic carbocycles. The molecule has 0 atom stereocenters. The fourth-order valence-corrected chi connectivity index (χ4v) is 3.22. The second kappa shape index (κ2) is 11.0. The summed E-state index contributed by atoms with van der Waals surface area (Å²) >= 11 is 8.12. The van der Waals surface area contributed by atoms with Crippen LogP contribution in [-0.4, -0.2) is 31.2 Å². The summed E-state index contributed by atoms with van der Waals surface area (Å²) in [6.07, 6.45) is 1.09. The zero-order valence-corrected chi connectivity index (χ0v) is 19.1. The van der Waals surface area contributed by atoms with Gasteiger partial charge in [0.1, 0.15) is 6.42 Å². The summed E-state index contributed by atoms with van der Waals surface area (Å²) < 4.78 is 12.0. The van der Waals surface area contributed by atoms with Crippen molar-refractivity contribution in [3.63, 3.8) is 0 Å². The number of amides is 2. The Morgan fingerprint density at radius 2 is 1.97 bits per heavy atom. The van der Waals surface area contributed by atoms with Gasteiger partial charge >= 0.3 is 0 Å². The third-order valence-electron chi connectivity index (χ3n) is 3.48. The molecule has 2 N–H and O–H groups in total. The van der Waals surface area contributed by atoms with Crippen molar-refractivity contribution in [2.75, 3.05) is 12.4 Å². The van der Waals surface area contributed by atoms with Crippen molar-refractivity contribution in [2.24, 2.45) is 5.10 Å². The van der Waals surface area contributed by atoms with Crippen LogP contribution in [0.3, 0.4) is 0 Å². The fraction of sp³-hybridized carbons (Fsp3) is 0.250. The van der Waals surface area contributed by atoms with E-state index in [-0.39, 0.29) is 12.5 Å². The van der Waals surface area contributed by atoms with Gasteiger partial charge in [0.2, 0.25) is 11.8 Å². The topological polar surface area (TPSA) is 89.0 Å². The molecular formula is C20H21ClIN3O4. The summed E-state index contributed by atoms with van der Waals surface area (Å²) in [4.78, 5) is 23.9. The van der Waals surface area contributed by atoms with Crippen molar-refractivity contribution in [3.05, 3.63) is 50.6 Å². The molecule has 0 aromatic heterocycles. The molecule has 0 unspecified atom stereocenters. The molecule has 0 bridgehead atoms. The Balaban J connectivity index is 1.95. The van der Waals surface area contributed by atoms with E-state index < -0.39 is 11.8 Å². The Hall–Kier alpha value is -2.33. The number of hydrazone groups is 1. The van der Waals surface area contributed by atoms with E-state index in [0.717, 1.165) is 3.57 Å². The molecule has 0 radical (unpaired) electrons. The molecule has 7 nitrogen and oxygen atoms in total. The number of carbonyl (C=O) groups excluding carboxylic acids is 2. The zero-order valence-electron chi connectivity index (χ0n) is 16.2. The normalized spacial score (nSPS) is 10.8. The molecule has 0 fully saturated rings. The number of para-hydroxylation sites is 1. The summed E-state index contributed by atoms with van der Waals surface area (Å²) in [6, 6.07) is 10.4. The molecule has 0 aliphatic rings. The third-order valence-corrected chi connectivity index (χ3v) is 4.61. The van der Waals surface area contributed by atoms with Gasteiger partial charge in [0.05, 0.1) is 33.7 Å². The summed E-state index contributed by atoms with van der Waals surface area (Å²) in [5.41, 5.74) is 3.48. The van der Waals surface area contributed by atoms with Gasteiger partial charge in [0.25, 0.3) is 0 Å². The predicted octanol–water partition coefficient (Wildman–Crippen LogP) is 4.22. The van der Waals surface area contributed by atoms with Gasteiger partial charge in [-0.15, -0.1) is 0 Å². The maximum atomic E-state index is 11.9. The van der Waals surface area contributed by atoms with Crippen molar-refractivity contribution in [1.29, 1.82) is 0 Å². The molecule has 29 heavy (non-hydrogen) atoms. The fourth-order valence-electron chi connectivity index (χ4n) is 2.29. The highest BCUT2D eigenvalue weighted by atomic mass is 127. The number of nitrogens with zero attached hydrogens (tertiary/aromatic N) is 1. The smallest absolute Gasteiger partial charge is 0.249 e. The summed E-state index contributed by atoms with van der Waals surface area (Å²) in [6.45, 7) is 3.87. The van der Waals surface area contributed by atoms with Crippen LogP contribution in [0.4, 0.5) is 5.69 Å². The number of anilines is 1. The molecule has 2 amide bonds. The lowest BCUT2D eigenvalue weighted by Gasteiger charge is -2.15.